The first kappa shape index (κ1) is 20.6. The second-order valence-electron chi connectivity index (χ2n) is 6.93. The molecule has 0 saturated heterocycles. The molecule has 0 saturated carbocycles. The van der Waals surface area contributed by atoms with Crippen molar-refractivity contribution in [2.75, 3.05) is 0 Å². The molecular weight excluding hydrogens is 344 g/mol. The van der Waals surface area contributed by atoms with Gasteiger partial charge in [-0.3, -0.25) is 9.59 Å². The number of para-hydroxylation sites is 1. The van der Waals surface area contributed by atoms with Gasteiger partial charge in [0.05, 0.1) is 29.2 Å². The molecule has 27 heavy (non-hydrogen) atoms. The van der Waals surface area contributed by atoms with E-state index in [0.29, 0.717) is 23.6 Å². The second kappa shape index (κ2) is 9.32. The Bertz CT molecular complexity index is 769. The lowest BCUT2D eigenvalue weighted by Crippen LogP contribution is -2.52. The average Bonchev–Trinajstić information content (AvgIpc) is 3.01. The molecule has 2 rings (SSSR count). The van der Waals surface area contributed by atoms with Gasteiger partial charge in [-0.15, -0.1) is 0 Å². The largest absolute Gasteiger partial charge is 0.391 e. The van der Waals surface area contributed by atoms with Crippen molar-refractivity contribution in [1.29, 1.82) is 0 Å². The van der Waals surface area contributed by atoms with Gasteiger partial charge in [0, 0.05) is 6.54 Å². The number of amides is 2. The Morgan fingerprint density at radius 2 is 1.89 bits per heavy atom. The molecule has 0 aliphatic heterocycles. The Morgan fingerprint density at radius 1 is 1.22 bits per heavy atom. The summed E-state index contributed by atoms with van der Waals surface area (Å²) >= 11 is 0. The van der Waals surface area contributed by atoms with Crippen LogP contribution < -0.4 is 10.6 Å². The molecule has 0 bridgehead atoms. The molecule has 0 aliphatic rings. The van der Waals surface area contributed by atoms with Gasteiger partial charge in [0.2, 0.25) is 5.91 Å². The Morgan fingerprint density at radius 3 is 2.48 bits per heavy atom. The summed E-state index contributed by atoms with van der Waals surface area (Å²) in [5.41, 5.74) is 1.83. The van der Waals surface area contributed by atoms with E-state index in [4.69, 9.17) is 0 Å². The van der Waals surface area contributed by atoms with Gasteiger partial charge in [-0.2, -0.15) is 5.10 Å². The van der Waals surface area contributed by atoms with Crippen LogP contribution in [0.5, 0.6) is 0 Å². The number of aromatic nitrogens is 2. The van der Waals surface area contributed by atoms with Crippen molar-refractivity contribution < 1.29 is 14.7 Å². The van der Waals surface area contributed by atoms with E-state index in [1.165, 1.54) is 13.1 Å². The molecule has 1 aromatic heterocycles. The van der Waals surface area contributed by atoms with Crippen molar-refractivity contribution in [3.8, 4) is 5.69 Å². The highest BCUT2D eigenvalue weighted by molar-refractivity contribution is 5.98. The van der Waals surface area contributed by atoms with Crippen LogP contribution in [0.25, 0.3) is 5.69 Å². The number of carbonyl (C=O) groups excluding carboxylic acids is 2. The van der Waals surface area contributed by atoms with Gasteiger partial charge >= 0.3 is 0 Å². The zero-order valence-electron chi connectivity index (χ0n) is 16.1. The van der Waals surface area contributed by atoms with Crippen LogP contribution in [0, 0.1) is 19.4 Å². The van der Waals surface area contributed by atoms with Crippen LogP contribution in [0.3, 0.4) is 0 Å². The number of carbonyl (C=O) groups is 2. The lowest BCUT2D eigenvalue weighted by Gasteiger charge is -2.21. The molecule has 2 atom stereocenters. The summed E-state index contributed by atoms with van der Waals surface area (Å²) in [7, 11) is 0. The summed E-state index contributed by atoms with van der Waals surface area (Å²) in [6, 6.07) is 8.39. The molecule has 1 radical (unpaired) electrons. The average molecular weight is 371 g/mol. The summed E-state index contributed by atoms with van der Waals surface area (Å²) in [6.07, 6.45) is 1.13. The third-order valence-corrected chi connectivity index (χ3v) is 4.14. The first-order chi connectivity index (χ1) is 12.8. The molecule has 1 heterocycles. The van der Waals surface area contributed by atoms with Crippen LogP contribution in [0.1, 0.15) is 43.2 Å². The van der Waals surface area contributed by atoms with E-state index in [9.17, 15) is 14.7 Å². The maximum atomic E-state index is 12.6. The number of nitrogens with zero attached hydrogens (tertiary/aromatic N) is 2. The third-order valence-electron chi connectivity index (χ3n) is 4.14. The lowest BCUT2D eigenvalue weighted by molar-refractivity contribution is -0.124. The molecule has 0 spiro atoms. The quantitative estimate of drug-likeness (QED) is 0.661. The van der Waals surface area contributed by atoms with Gasteiger partial charge < -0.3 is 15.7 Å². The van der Waals surface area contributed by atoms with Crippen LogP contribution in [0.4, 0.5) is 0 Å². The molecule has 7 heteroatoms. The number of hydrogen-bond donors (Lipinski definition) is 3. The van der Waals surface area contributed by atoms with Crippen molar-refractivity contribution in [3.05, 3.63) is 54.3 Å². The number of aliphatic hydroxyl groups excluding tert-OH is 1. The van der Waals surface area contributed by atoms with Crippen LogP contribution in [-0.2, 0) is 4.79 Å². The second-order valence-corrected chi connectivity index (χ2v) is 6.93. The van der Waals surface area contributed by atoms with E-state index >= 15 is 0 Å². The topological polar surface area (TPSA) is 96.2 Å². The number of aliphatic hydroxyl groups is 1. The van der Waals surface area contributed by atoms with Gasteiger partial charge in [-0.05, 0) is 38.3 Å². The minimum Gasteiger partial charge on any atom is -0.391 e. The number of benzene rings is 1. The molecule has 2 aromatic rings. The fourth-order valence-corrected chi connectivity index (χ4v) is 2.57. The highest BCUT2D eigenvalue weighted by Gasteiger charge is 2.27. The van der Waals surface area contributed by atoms with Gasteiger partial charge in [0.25, 0.3) is 5.91 Å². The van der Waals surface area contributed by atoms with Crippen molar-refractivity contribution in [2.24, 2.45) is 5.92 Å². The predicted octanol–water partition coefficient (Wildman–Crippen LogP) is 1.98. The highest BCUT2D eigenvalue weighted by atomic mass is 16.3. The lowest BCUT2D eigenvalue weighted by atomic mass is 10.1. The monoisotopic (exact) mass is 371 g/mol. The molecule has 3 N–H and O–H groups in total. The van der Waals surface area contributed by atoms with Crippen LogP contribution in [-0.4, -0.2) is 38.8 Å². The summed E-state index contributed by atoms with van der Waals surface area (Å²) < 4.78 is 1.66. The molecule has 0 unspecified atom stereocenters. The third kappa shape index (κ3) is 5.40. The zero-order valence-corrected chi connectivity index (χ0v) is 16.1. The fourth-order valence-electron chi connectivity index (χ4n) is 2.57. The number of rotatable bonds is 8. The molecule has 7 nitrogen and oxygen atoms in total. The van der Waals surface area contributed by atoms with Crippen LogP contribution in [0.2, 0.25) is 0 Å². The highest BCUT2D eigenvalue weighted by Crippen LogP contribution is 2.14. The van der Waals surface area contributed by atoms with E-state index < -0.39 is 24.0 Å². The Balaban J connectivity index is 2.10. The minimum atomic E-state index is -1.06. The van der Waals surface area contributed by atoms with E-state index in [2.05, 4.69) is 15.7 Å². The maximum absolute atomic E-state index is 12.6. The SMILES string of the molecule is Cc1c(C(=O)N[C@H](C(=O)N[CH]CC(C)C)[C@@H](C)O)cnn1-c1ccccc1. The predicted molar refractivity (Wildman–Crippen MR) is 103 cm³/mol. The van der Waals surface area contributed by atoms with Crippen molar-refractivity contribution in [3.63, 3.8) is 0 Å². The smallest absolute Gasteiger partial charge is 0.255 e. The number of hydrogen-bond acceptors (Lipinski definition) is 4. The molecule has 2 amide bonds. The normalized spacial score (nSPS) is 13.3. The van der Waals surface area contributed by atoms with Gasteiger partial charge in [0.1, 0.15) is 6.04 Å². The van der Waals surface area contributed by atoms with Crippen molar-refractivity contribution in [2.45, 2.75) is 46.3 Å². The summed E-state index contributed by atoms with van der Waals surface area (Å²) in [5.74, 6) is -0.511. The van der Waals surface area contributed by atoms with Gasteiger partial charge in [-0.25, -0.2) is 4.68 Å². The molecule has 1 aromatic carbocycles. The maximum Gasteiger partial charge on any atom is 0.255 e. The van der Waals surface area contributed by atoms with E-state index in [1.54, 1.807) is 18.2 Å². The van der Waals surface area contributed by atoms with Gasteiger partial charge in [0.15, 0.2) is 0 Å². The zero-order chi connectivity index (χ0) is 20.0. The van der Waals surface area contributed by atoms with Crippen molar-refractivity contribution in [1.82, 2.24) is 20.4 Å². The Hall–Kier alpha value is -2.67. The Labute approximate surface area is 159 Å². The van der Waals surface area contributed by atoms with Gasteiger partial charge in [-0.1, -0.05) is 32.0 Å². The Kier molecular flexibility index (Phi) is 7.12. The molecule has 0 fully saturated rings. The summed E-state index contributed by atoms with van der Waals surface area (Å²) in [4.78, 5) is 25.0. The first-order valence-corrected chi connectivity index (χ1v) is 9.02. The number of nitrogens with one attached hydrogen (secondary N) is 2. The summed E-state index contributed by atoms with van der Waals surface area (Å²) in [6.45, 7) is 8.96. The fraction of sp³-hybridized carbons (Fsp3) is 0.400. The standard InChI is InChI=1S/C20H27N4O3/c1-13(2)10-11-21-20(27)18(15(4)25)23-19(26)17-12-22-24(14(17)3)16-8-6-5-7-9-16/h5-9,11-13,15,18,25H,10H2,1-4H3,(H,21,27)(H,23,26)/t15-,18+/m1/s1. The molecule has 145 valence electrons. The van der Waals surface area contributed by atoms with E-state index in [0.717, 1.165) is 5.69 Å². The summed E-state index contributed by atoms with van der Waals surface area (Å²) in [5, 5.41) is 19.4. The van der Waals surface area contributed by atoms with Crippen molar-refractivity contribution >= 4 is 11.8 Å². The van der Waals surface area contributed by atoms with E-state index in [-0.39, 0.29) is 0 Å². The molecule has 0 aliphatic carbocycles. The van der Waals surface area contributed by atoms with Crippen LogP contribution in [0.15, 0.2) is 36.5 Å². The van der Waals surface area contributed by atoms with Crippen LogP contribution >= 0.6 is 0 Å². The first-order valence-electron chi connectivity index (χ1n) is 9.02. The molecular formula is C20H27N4O3. The minimum absolute atomic E-state index is 0.350. The van der Waals surface area contributed by atoms with E-state index in [1.807, 2.05) is 44.2 Å².